The first-order valence-corrected chi connectivity index (χ1v) is 12.6. The molecule has 0 atom stereocenters. The Morgan fingerprint density at radius 2 is 1.74 bits per heavy atom. The molecule has 0 radical (unpaired) electrons. The minimum absolute atomic E-state index is 0. The van der Waals surface area contributed by atoms with Crippen molar-refractivity contribution in [3.8, 4) is 11.3 Å². The second-order valence-corrected chi connectivity index (χ2v) is 10.1. The van der Waals surface area contributed by atoms with Crippen LogP contribution in [-0.4, -0.2) is 11.2 Å². The standard InChI is InChI=1S/C18H13FN.C17H15N.Ir/c1-18(2)13-7-3-5-11-9-10-20-17(15(11)13)12-6-4-8-14(19)16(12)18;1-13-6-5-8-16(12-13)14(2)17-9-4-3-7-15(17)10-11-18;/h3-5,7-10H,1-2H3;3-7,9-12H,1-2H3;/q-1;-2;+3/b;15-10-,17-14?;. The molecule has 5 aromatic rings. The van der Waals surface area contributed by atoms with Gasteiger partial charge in [0.25, 0.3) is 0 Å². The Morgan fingerprint density at radius 3 is 2.51 bits per heavy atom. The van der Waals surface area contributed by atoms with Gasteiger partial charge in [0.15, 0.2) is 0 Å². The Balaban J connectivity index is 0.000000178. The molecule has 2 nitrogen and oxygen atoms in total. The van der Waals surface area contributed by atoms with Gasteiger partial charge in [-0.3, -0.25) is 0 Å². The van der Waals surface area contributed by atoms with Gasteiger partial charge in [0, 0.05) is 12.0 Å². The van der Waals surface area contributed by atoms with Crippen LogP contribution in [0.2, 0.25) is 0 Å². The molecule has 0 fully saturated rings. The number of nitrogens with zero attached hydrogens (tertiary/aromatic N) is 2. The van der Waals surface area contributed by atoms with E-state index in [2.05, 4.69) is 69.1 Å². The van der Waals surface area contributed by atoms with E-state index in [4.69, 9.17) is 5.41 Å². The fourth-order valence-electron chi connectivity index (χ4n) is 5.35. The maximum absolute atomic E-state index is 14.4. The summed E-state index contributed by atoms with van der Waals surface area (Å²) in [6.07, 6.45) is 4.56. The first-order valence-electron chi connectivity index (χ1n) is 12.6. The average Bonchev–Trinajstić information content (AvgIpc) is 2.92. The molecule has 194 valence electrons. The topological polar surface area (TPSA) is 35.2 Å². The Bertz CT molecular complexity index is 1800. The Labute approximate surface area is 242 Å². The summed E-state index contributed by atoms with van der Waals surface area (Å²) in [6, 6.07) is 31.8. The summed E-state index contributed by atoms with van der Waals surface area (Å²) in [5.41, 5.74) is 6.54. The van der Waals surface area contributed by atoms with Gasteiger partial charge in [0.05, 0.1) is 0 Å². The quantitative estimate of drug-likeness (QED) is 0.147. The first-order chi connectivity index (χ1) is 18.3. The third-order valence-corrected chi connectivity index (χ3v) is 7.25. The zero-order chi connectivity index (χ0) is 26.9. The fraction of sp³-hybridized carbons (Fsp3) is 0.143. The molecule has 0 saturated carbocycles. The minimum atomic E-state index is -0.382. The minimum Gasteiger partial charge on any atom is -0.811 e. The van der Waals surface area contributed by atoms with Crippen molar-refractivity contribution >= 4 is 28.6 Å². The molecular weight excluding hydrogens is 660 g/mol. The van der Waals surface area contributed by atoms with E-state index >= 15 is 0 Å². The molecule has 0 spiro atoms. The van der Waals surface area contributed by atoms with Gasteiger partial charge < -0.3 is 10.4 Å². The Morgan fingerprint density at radius 1 is 0.974 bits per heavy atom. The molecule has 0 amide bonds. The number of aromatic nitrogens is 1. The van der Waals surface area contributed by atoms with Crippen LogP contribution < -0.4 is 10.4 Å². The van der Waals surface area contributed by atoms with Crippen LogP contribution >= 0.6 is 0 Å². The van der Waals surface area contributed by atoms with E-state index < -0.39 is 0 Å². The van der Waals surface area contributed by atoms with Gasteiger partial charge in [0.2, 0.25) is 0 Å². The largest absolute Gasteiger partial charge is 3.00 e. The summed E-state index contributed by atoms with van der Waals surface area (Å²) in [5.74, 6) is -0.183. The van der Waals surface area contributed by atoms with Crippen molar-refractivity contribution in [3.63, 3.8) is 0 Å². The predicted octanol–water partition coefficient (Wildman–Crippen LogP) is 6.91. The number of fused-ring (bicyclic) bond motifs is 2. The van der Waals surface area contributed by atoms with Crippen molar-refractivity contribution in [3.05, 3.63) is 141 Å². The second kappa shape index (κ2) is 11.6. The van der Waals surface area contributed by atoms with Gasteiger partial charge in [-0.1, -0.05) is 87.0 Å². The maximum Gasteiger partial charge on any atom is 3.00 e. The van der Waals surface area contributed by atoms with E-state index in [1.165, 1.54) is 11.6 Å². The van der Waals surface area contributed by atoms with Crippen molar-refractivity contribution in [2.24, 2.45) is 0 Å². The van der Waals surface area contributed by atoms with Crippen molar-refractivity contribution in [2.45, 2.75) is 33.1 Å². The van der Waals surface area contributed by atoms with Crippen LogP contribution in [-0.2, 0) is 25.5 Å². The van der Waals surface area contributed by atoms with E-state index in [1.54, 1.807) is 18.3 Å². The third kappa shape index (κ3) is 5.28. The molecule has 0 N–H and O–H groups in total. The summed E-state index contributed by atoms with van der Waals surface area (Å²) in [4.78, 5) is 4.49. The van der Waals surface area contributed by atoms with E-state index in [0.29, 0.717) is 5.56 Å². The molecule has 0 aliphatic heterocycles. The molecule has 0 unspecified atom stereocenters. The van der Waals surface area contributed by atoms with Crippen molar-refractivity contribution in [1.82, 2.24) is 4.98 Å². The number of pyridine rings is 1. The number of hydrogen-bond donors (Lipinski definition) is 0. The molecule has 0 saturated heterocycles. The van der Waals surface area contributed by atoms with Gasteiger partial charge in [-0.15, -0.1) is 64.7 Å². The molecule has 39 heavy (non-hydrogen) atoms. The van der Waals surface area contributed by atoms with Crippen molar-refractivity contribution in [2.75, 3.05) is 0 Å². The number of rotatable bonds is 2. The van der Waals surface area contributed by atoms with E-state index in [9.17, 15) is 4.39 Å². The van der Waals surface area contributed by atoms with Crippen LogP contribution in [0.15, 0.2) is 85.1 Å². The third-order valence-electron chi connectivity index (χ3n) is 7.25. The predicted molar refractivity (Wildman–Crippen MR) is 156 cm³/mol. The van der Waals surface area contributed by atoms with E-state index in [1.807, 2.05) is 42.5 Å². The van der Waals surface area contributed by atoms with Gasteiger partial charge in [-0.05, 0) is 38.7 Å². The number of hydrogen-bond acceptors (Lipinski definition) is 1. The summed E-state index contributed by atoms with van der Waals surface area (Å²) < 4.78 is 14.4. The van der Waals surface area contributed by atoms with Crippen molar-refractivity contribution in [1.29, 1.82) is 0 Å². The zero-order valence-electron chi connectivity index (χ0n) is 22.3. The van der Waals surface area contributed by atoms with Gasteiger partial charge in [-0.2, -0.15) is 6.21 Å². The van der Waals surface area contributed by atoms with E-state index in [0.717, 1.165) is 55.4 Å². The van der Waals surface area contributed by atoms with Crippen LogP contribution in [0.1, 0.15) is 43.0 Å². The van der Waals surface area contributed by atoms with Crippen LogP contribution in [0.5, 0.6) is 0 Å². The Kier molecular flexibility index (Phi) is 8.39. The molecule has 4 aromatic carbocycles. The van der Waals surface area contributed by atoms with Crippen LogP contribution in [0.3, 0.4) is 0 Å². The molecule has 4 heteroatoms. The molecular formula is C35H28FIrN2. The fourth-order valence-corrected chi connectivity index (χ4v) is 5.35. The summed E-state index contributed by atoms with van der Waals surface area (Å²) >= 11 is 0. The normalized spacial score (nSPS) is 13.9. The Hall–Kier alpha value is -3.72. The molecule has 1 aromatic heterocycles. The summed E-state index contributed by atoms with van der Waals surface area (Å²) in [6.45, 7) is 8.28. The molecule has 1 heterocycles. The van der Waals surface area contributed by atoms with Crippen LogP contribution in [0, 0.1) is 24.9 Å². The van der Waals surface area contributed by atoms with Crippen molar-refractivity contribution < 1.29 is 24.5 Å². The van der Waals surface area contributed by atoms with Gasteiger partial charge in [-0.25, -0.2) is 4.39 Å². The number of halogens is 1. The first kappa shape index (κ1) is 28.3. The average molecular weight is 688 g/mol. The molecule has 0 bridgehead atoms. The SMILES string of the molecule is CC(c1[c-]ccc(C)c1)=c1cccc/c1=C/C=[N-].CC1(C)c2c([c-]ccc2F)-c2nccc3cccc1c23.[Ir+3]. The number of benzene rings is 4. The monoisotopic (exact) mass is 688 g/mol. The summed E-state index contributed by atoms with van der Waals surface area (Å²) in [7, 11) is 0. The molecule has 1 aliphatic rings. The van der Waals surface area contributed by atoms with Gasteiger partial charge in [0.1, 0.15) is 0 Å². The van der Waals surface area contributed by atoms with Crippen LogP contribution in [0.4, 0.5) is 4.39 Å². The van der Waals surface area contributed by atoms with E-state index in [-0.39, 0.29) is 31.3 Å². The smallest absolute Gasteiger partial charge is 0.811 e. The summed E-state index contributed by atoms with van der Waals surface area (Å²) in [5, 5.41) is 13.3. The van der Waals surface area contributed by atoms with Gasteiger partial charge >= 0.3 is 20.1 Å². The molecule has 1 aliphatic carbocycles. The maximum atomic E-state index is 14.4. The number of aryl methyl sites for hydroxylation is 1. The molecule has 6 rings (SSSR count). The second-order valence-electron chi connectivity index (χ2n) is 10.1. The zero-order valence-corrected chi connectivity index (χ0v) is 24.7. The van der Waals surface area contributed by atoms with Crippen LogP contribution in [0.25, 0.3) is 39.1 Å².